The van der Waals surface area contributed by atoms with Crippen molar-refractivity contribution in [2.75, 3.05) is 11.4 Å². The highest BCUT2D eigenvalue weighted by Gasteiger charge is 2.34. The van der Waals surface area contributed by atoms with Crippen molar-refractivity contribution in [3.05, 3.63) is 83.4 Å². The summed E-state index contributed by atoms with van der Waals surface area (Å²) in [5.41, 5.74) is 7.17. The standard InChI is InChI=1S/C26H23F3N2O4/c27-26(28,29)21-12-16(6-8-20(21)17-4-2-1-3-5-17)15-35-19-7-9-23-18(13-19)10-11-31(23)24(32)14-22(30)25(33)34/h1-9,12-13,22H,10-11,14-15,30H2,(H,33,34)/t22-/m0/s1. The van der Waals surface area contributed by atoms with Crippen LogP contribution in [0.4, 0.5) is 18.9 Å². The van der Waals surface area contributed by atoms with E-state index in [1.807, 2.05) is 0 Å². The molecule has 0 unspecified atom stereocenters. The fraction of sp³-hybridized carbons (Fsp3) is 0.231. The van der Waals surface area contributed by atoms with Gasteiger partial charge < -0.3 is 20.5 Å². The quantitative estimate of drug-likeness (QED) is 0.510. The Balaban J connectivity index is 1.48. The number of carboxylic acid groups (broad SMARTS) is 1. The van der Waals surface area contributed by atoms with E-state index in [1.54, 1.807) is 54.6 Å². The maximum atomic E-state index is 13.7. The molecule has 0 radical (unpaired) electrons. The van der Waals surface area contributed by atoms with Gasteiger partial charge in [-0.3, -0.25) is 9.59 Å². The Hall–Kier alpha value is -3.85. The van der Waals surface area contributed by atoms with Gasteiger partial charge in [-0.25, -0.2) is 0 Å². The Morgan fingerprint density at radius 1 is 1.06 bits per heavy atom. The second-order valence-corrected chi connectivity index (χ2v) is 8.27. The van der Waals surface area contributed by atoms with E-state index >= 15 is 0 Å². The number of ether oxygens (including phenoxy) is 1. The number of carbonyl (C=O) groups is 2. The summed E-state index contributed by atoms with van der Waals surface area (Å²) in [6.45, 7) is 0.326. The summed E-state index contributed by atoms with van der Waals surface area (Å²) in [6, 6.07) is 16.3. The zero-order chi connectivity index (χ0) is 25.2. The summed E-state index contributed by atoms with van der Waals surface area (Å²) in [7, 11) is 0. The Bertz CT molecular complexity index is 1250. The minimum absolute atomic E-state index is 0.0625. The van der Waals surface area contributed by atoms with Gasteiger partial charge in [0.05, 0.1) is 12.0 Å². The highest BCUT2D eigenvalue weighted by atomic mass is 19.4. The van der Waals surface area contributed by atoms with Gasteiger partial charge in [0.15, 0.2) is 0 Å². The van der Waals surface area contributed by atoms with Crippen LogP contribution in [0, 0.1) is 0 Å². The van der Waals surface area contributed by atoms with Gasteiger partial charge in [0.1, 0.15) is 18.4 Å². The van der Waals surface area contributed by atoms with Gasteiger partial charge >= 0.3 is 12.1 Å². The monoisotopic (exact) mass is 484 g/mol. The van der Waals surface area contributed by atoms with Crippen molar-refractivity contribution in [1.29, 1.82) is 0 Å². The number of nitrogens with two attached hydrogens (primary N) is 1. The maximum Gasteiger partial charge on any atom is 0.417 e. The van der Waals surface area contributed by atoms with Crippen LogP contribution in [-0.2, 0) is 28.8 Å². The number of benzene rings is 3. The molecular formula is C26H23F3N2O4. The molecule has 3 aromatic carbocycles. The van der Waals surface area contributed by atoms with Gasteiger partial charge in [-0.15, -0.1) is 0 Å². The van der Waals surface area contributed by atoms with Crippen molar-refractivity contribution in [2.45, 2.75) is 31.7 Å². The van der Waals surface area contributed by atoms with Crippen LogP contribution >= 0.6 is 0 Å². The van der Waals surface area contributed by atoms with Crippen molar-refractivity contribution in [3.63, 3.8) is 0 Å². The first-order chi connectivity index (χ1) is 16.6. The lowest BCUT2D eigenvalue weighted by Gasteiger charge is -2.19. The molecule has 0 saturated heterocycles. The number of nitrogens with zero attached hydrogens (tertiary/aromatic N) is 1. The van der Waals surface area contributed by atoms with E-state index in [4.69, 9.17) is 15.6 Å². The zero-order valence-corrected chi connectivity index (χ0v) is 18.6. The van der Waals surface area contributed by atoms with Crippen molar-refractivity contribution < 1.29 is 32.6 Å². The van der Waals surface area contributed by atoms with Crippen molar-refractivity contribution in [3.8, 4) is 16.9 Å². The van der Waals surface area contributed by atoms with E-state index in [0.29, 0.717) is 35.5 Å². The molecule has 1 atom stereocenters. The molecule has 182 valence electrons. The largest absolute Gasteiger partial charge is 0.489 e. The molecule has 3 N–H and O–H groups in total. The van der Waals surface area contributed by atoms with E-state index in [0.717, 1.165) is 11.6 Å². The van der Waals surface area contributed by atoms with E-state index < -0.39 is 23.8 Å². The average Bonchev–Trinajstić information content (AvgIpc) is 3.26. The van der Waals surface area contributed by atoms with Crippen molar-refractivity contribution in [1.82, 2.24) is 0 Å². The average molecular weight is 484 g/mol. The number of anilines is 1. The molecule has 0 bridgehead atoms. The molecule has 0 saturated carbocycles. The Labute approximate surface area is 199 Å². The van der Waals surface area contributed by atoms with E-state index in [2.05, 4.69) is 0 Å². The lowest BCUT2D eigenvalue weighted by Crippen LogP contribution is -2.38. The van der Waals surface area contributed by atoms with Crippen LogP contribution in [0.3, 0.4) is 0 Å². The third-order valence-corrected chi connectivity index (χ3v) is 5.84. The predicted octanol–water partition coefficient (Wildman–Crippen LogP) is 4.64. The number of alkyl halides is 3. The highest BCUT2D eigenvalue weighted by Crippen LogP contribution is 2.38. The summed E-state index contributed by atoms with van der Waals surface area (Å²) in [5.74, 6) is -1.17. The first-order valence-corrected chi connectivity index (χ1v) is 10.9. The second kappa shape index (κ2) is 9.79. The molecule has 6 nitrogen and oxygen atoms in total. The minimum atomic E-state index is -4.52. The third kappa shape index (κ3) is 5.46. The smallest absolute Gasteiger partial charge is 0.417 e. The van der Waals surface area contributed by atoms with Crippen LogP contribution in [0.25, 0.3) is 11.1 Å². The normalized spacial score (nSPS) is 13.9. The summed E-state index contributed by atoms with van der Waals surface area (Å²) >= 11 is 0. The molecular weight excluding hydrogens is 461 g/mol. The zero-order valence-electron chi connectivity index (χ0n) is 18.6. The molecule has 1 amide bonds. The third-order valence-electron chi connectivity index (χ3n) is 5.84. The van der Waals surface area contributed by atoms with Crippen LogP contribution in [0.1, 0.15) is 23.1 Å². The number of fused-ring (bicyclic) bond motifs is 1. The summed E-state index contributed by atoms with van der Waals surface area (Å²) < 4.78 is 47.0. The first kappa shape index (κ1) is 24.3. The molecule has 0 fully saturated rings. The molecule has 0 spiro atoms. The van der Waals surface area contributed by atoms with Crippen LogP contribution in [0.2, 0.25) is 0 Å². The molecule has 0 aromatic heterocycles. The number of halogens is 3. The van der Waals surface area contributed by atoms with E-state index in [1.165, 1.54) is 11.0 Å². The van der Waals surface area contributed by atoms with Gasteiger partial charge in [0.2, 0.25) is 5.91 Å². The van der Waals surface area contributed by atoms with Gasteiger partial charge in [-0.05, 0) is 52.9 Å². The van der Waals surface area contributed by atoms with Gasteiger partial charge in [0, 0.05) is 12.2 Å². The van der Waals surface area contributed by atoms with Gasteiger partial charge in [-0.1, -0.05) is 42.5 Å². The number of hydrogen-bond donors (Lipinski definition) is 2. The Morgan fingerprint density at radius 2 is 1.80 bits per heavy atom. The van der Waals surface area contributed by atoms with Gasteiger partial charge in [-0.2, -0.15) is 13.2 Å². The molecule has 9 heteroatoms. The molecule has 4 rings (SSSR count). The first-order valence-electron chi connectivity index (χ1n) is 10.9. The SMILES string of the molecule is N[C@@H](CC(=O)N1CCc2cc(OCc3ccc(-c4ccccc4)c(C(F)(F)F)c3)ccc21)C(=O)O. The fourth-order valence-corrected chi connectivity index (χ4v) is 4.06. The second-order valence-electron chi connectivity index (χ2n) is 8.27. The number of rotatable bonds is 7. The summed E-state index contributed by atoms with van der Waals surface area (Å²) in [6.07, 6.45) is -4.29. The number of aliphatic carboxylic acids is 1. The van der Waals surface area contributed by atoms with Gasteiger partial charge in [0.25, 0.3) is 0 Å². The number of carboxylic acids is 1. The van der Waals surface area contributed by atoms with Crippen LogP contribution in [-0.4, -0.2) is 29.6 Å². The van der Waals surface area contributed by atoms with E-state index in [-0.39, 0.29) is 24.5 Å². The van der Waals surface area contributed by atoms with Crippen molar-refractivity contribution in [2.24, 2.45) is 5.73 Å². The molecule has 3 aromatic rings. The molecule has 0 aliphatic carbocycles. The molecule has 1 aliphatic rings. The number of hydrogen-bond acceptors (Lipinski definition) is 4. The van der Waals surface area contributed by atoms with Crippen LogP contribution in [0.15, 0.2) is 66.7 Å². The predicted molar refractivity (Wildman–Crippen MR) is 124 cm³/mol. The van der Waals surface area contributed by atoms with Crippen molar-refractivity contribution >= 4 is 17.6 Å². The number of amides is 1. The summed E-state index contributed by atoms with van der Waals surface area (Å²) in [5, 5.41) is 8.92. The maximum absolute atomic E-state index is 13.7. The topological polar surface area (TPSA) is 92.9 Å². The highest BCUT2D eigenvalue weighted by molar-refractivity contribution is 5.97. The molecule has 1 aliphatic heterocycles. The minimum Gasteiger partial charge on any atom is -0.489 e. The fourth-order valence-electron chi connectivity index (χ4n) is 4.06. The molecule has 1 heterocycles. The Kier molecular flexibility index (Phi) is 6.79. The molecule has 35 heavy (non-hydrogen) atoms. The van der Waals surface area contributed by atoms with E-state index in [9.17, 15) is 22.8 Å². The lowest BCUT2D eigenvalue weighted by molar-refractivity contribution is -0.140. The lowest BCUT2D eigenvalue weighted by atomic mass is 9.97. The Morgan fingerprint density at radius 3 is 2.49 bits per heavy atom. The van der Waals surface area contributed by atoms with Crippen LogP contribution < -0.4 is 15.4 Å². The number of carbonyl (C=O) groups excluding carboxylic acids is 1. The summed E-state index contributed by atoms with van der Waals surface area (Å²) in [4.78, 5) is 24.8. The van der Waals surface area contributed by atoms with Crippen LogP contribution in [0.5, 0.6) is 5.75 Å².